The molecule has 2 aromatic heterocycles. The summed E-state index contributed by atoms with van der Waals surface area (Å²) in [5.41, 5.74) is 5.66. The fourth-order valence-corrected chi connectivity index (χ4v) is 4.58. The first kappa shape index (κ1) is 22.1. The first-order valence-corrected chi connectivity index (χ1v) is 14.0. The van der Waals surface area contributed by atoms with Crippen molar-refractivity contribution >= 4 is 36.1 Å². The Morgan fingerprint density at radius 1 is 1.31 bits per heavy atom. The topological polar surface area (TPSA) is 131 Å². The second kappa shape index (κ2) is 7.58. The fraction of sp³-hybridized carbons (Fsp3) is 0.706. The number of nitrogens with zero attached hydrogens (tertiary/aromatic N) is 4. The van der Waals surface area contributed by atoms with Crippen molar-refractivity contribution in [3.8, 4) is 0 Å². The van der Waals surface area contributed by atoms with E-state index in [1.165, 1.54) is 6.33 Å². The molecule has 29 heavy (non-hydrogen) atoms. The zero-order chi connectivity index (χ0) is 21.6. The molecule has 0 amide bonds. The monoisotopic (exact) mass is 443 g/mol. The highest BCUT2D eigenvalue weighted by Gasteiger charge is 2.61. The van der Waals surface area contributed by atoms with E-state index >= 15 is 0 Å². The summed E-state index contributed by atoms with van der Waals surface area (Å²) < 4.78 is 42.9. The highest BCUT2D eigenvalue weighted by molar-refractivity contribution is 7.85. The van der Waals surface area contributed by atoms with Crippen LogP contribution in [-0.4, -0.2) is 62.6 Å². The van der Waals surface area contributed by atoms with Crippen molar-refractivity contribution in [3.63, 3.8) is 0 Å². The molecule has 0 saturated carbocycles. The normalized spacial score (nSPS) is 25.5. The maximum absolute atomic E-state index is 11.7. The van der Waals surface area contributed by atoms with Gasteiger partial charge in [0, 0.05) is 0 Å². The lowest BCUT2D eigenvalue weighted by atomic mass is 9.71. The lowest BCUT2D eigenvalue weighted by Crippen LogP contribution is -2.68. The van der Waals surface area contributed by atoms with Crippen molar-refractivity contribution in [2.45, 2.75) is 45.7 Å². The quantitative estimate of drug-likeness (QED) is 0.493. The maximum atomic E-state index is 11.7. The van der Waals surface area contributed by atoms with Crippen LogP contribution >= 0.6 is 0 Å². The minimum Gasteiger partial charge on any atom is -0.416 e. The van der Waals surface area contributed by atoms with E-state index in [-0.39, 0.29) is 36.5 Å². The minimum atomic E-state index is -3.62. The van der Waals surface area contributed by atoms with Crippen molar-refractivity contribution in [2.24, 2.45) is 11.3 Å². The van der Waals surface area contributed by atoms with Crippen LogP contribution in [0.4, 0.5) is 5.82 Å². The summed E-state index contributed by atoms with van der Waals surface area (Å²) in [6.07, 6.45) is 3.74. The van der Waals surface area contributed by atoms with E-state index in [1.807, 2.05) is 20.8 Å². The molecule has 0 radical (unpaired) electrons. The van der Waals surface area contributed by atoms with Crippen molar-refractivity contribution in [1.29, 1.82) is 0 Å². The van der Waals surface area contributed by atoms with Crippen LogP contribution in [0.5, 0.6) is 0 Å². The zero-order valence-electron chi connectivity index (χ0n) is 17.6. The van der Waals surface area contributed by atoms with Gasteiger partial charge in [-0.15, -0.1) is 0 Å². The molecule has 0 unspecified atom stereocenters. The first-order chi connectivity index (χ1) is 13.3. The van der Waals surface area contributed by atoms with Gasteiger partial charge in [0.1, 0.15) is 11.8 Å². The number of anilines is 1. The summed E-state index contributed by atoms with van der Waals surface area (Å²) in [6, 6.07) is 0. The maximum Gasteiger partial charge on any atom is 0.264 e. The molecule has 0 spiro atoms. The Hall–Kier alpha value is -1.60. The van der Waals surface area contributed by atoms with Gasteiger partial charge in [-0.2, -0.15) is 8.42 Å². The second-order valence-corrected chi connectivity index (χ2v) is 12.8. The lowest BCUT2D eigenvalue weighted by Gasteiger charge is -2.58. The van der Waals surface area contributed by atoms with E-state index in [9.17, 15) is 8.42 Å². The summed E-state index contributed by atoms with van der Waals surface area (Å²) in [4.78, 5) is 12.7. The van der Waals surface area contributed by atoms with Crippen LogP contribution in [-0.2, 0) is 29.2 Å². The van der Waals surface area contributed by atoms with E-state index in [1.54, 1.807) is 10.9 Å². The Morgan fingerprint density at radius 3 is 2.59 bits per heavy atom. The van der Waals surface area contributed by atoms with Crippen LogP contribution in [0.25, 0.3) is 11.2 Å². The summed E-state index contributed by atoms with van der Waals surface area (Å²) in [6.45, 7) is 10.4. The summed E-state index contributed by atoms with van der Waals surface area (Å²) >= 11 is 0. The highest BCUT2D eigenvalue weighted by atomic mass is 32.2. The van der Waals surface area contributed by atoms with E-state index in [4.69, 9.17) is 19.1 Å². The number of nitrogen functional groups attached to an aromatic ring is 1. The Morgan fingerprint density at radius 2 is 2.00 bits per heavy atom. The van der Waals surface area contributed by atoms with Crippen molar-refractivity contribution in [1.82, 2.24) is 19.5 Å². The highest BCUT2D eigenvalue weighted by Crippen LogP contribution is 2.51. The lowest BCUT2D eigenvalue weighted by molar-refractivity contribution is -0.347. The first-order valence-electron chi connectivity index (χ1n) is 9.43. The summed E-state index contributed by atoms with van der Waals surface area (Å²) in [5.74, 6) is -0.0442. The number of aromatic nitrogens is 4. The van der Waals surface area contributed by atoms with E-state index in [2.05, 4.69) is 28.0 Å². The van der Waals surface area contributed by atoms with Crippen LogP contribution < -0.4 is 5.73 Å². The molecule has 0 bridgehead atoms. The molecule has 1 aliphatic rings. The molecule has 0 aliphatic carbocycles. The Balaban J connectivity index is 2.10. The van der Waals surface area contributed by atoms with Crippen molar-refractivity contribution < 1.29 is 21.8 Å². The number of imidazole rings is 1. The van der Waals surface area contributed by atoms with Gasteiger partial charge in [0.2, 0.25) is 0 Å². The Labute approximate surface area is 172 Å². The van der Waals surface area contributed by atoms with Gasteiger partial charge in [-0.3, -0.25) is 8.75 Å². The van der Waals surface area contributed by atoms with Gasteiger partial charge in [-0.25, -0.2) is 15.0 Å². The van der Waals surface area contributed by atoms with Crippen LogP contribution in [0.3, 0.4) is 0 Å². The number of rotatable bonds is 7. The molecule has 162 valence electrons. The van der Waals surface area contributed by atoms with E-state index < -0.39 is 24.9 Å². The zero-order valence-corrected chi connectivity index (χ0v) is 19.6. The van der Waals surface area contributed by atoms with Gasteiger partial charge in [0.15, 0.2) is 26.2 Å². The number of ether oxygens (including phenoxy) is 1. The van der Waals surface area contributed by atoms with Gasteiger partial charge in [0.05, 0.1) is 37.8 Å². The fourth-order valence-electron chi connectivity index (χ4n) is 3.61. The third-order valence-corrected chi connectivity index (χ3v) is 6.38. The summed E-state index contributed by atoms with van der Waals surface area (Å²) in [7, 11) is -5.02. The minimum absolute atomic E-state index is 0.0377. The smallest absolute Gasteiger partial charge is 0.264 e. The third kappa shape index (κ3) is 4.31. The molecule has 3 heterocycles. The van der Waals surface area contributed by atoms with Crippen LogP contribution in [0.2, 0.25) is 13.1 Å². The number of nitrogens with two attached hydrogens (primary N) is 1. The predicted octanol–water partition coefficient (Wildman–Crippen LogP) is 1.10. The van der Waals surface area contributed by atoms with E-state index in [0.717, 1.165) is 6.26 Å². The molecule has 1 aliphatic heterocycles. The van der Waals surface area contributed by atoms with Crippen molar-refractivity contribution in [2.75, 3.05) is 25.2 Å². The molecule has 0 aromatic carbocycles. The standard InChI is InChI=1S/C17H29N5O5SSi/c1-16(2,3)13-11(7-25-28(4,23)24)17(27-13,8-26-29(5)6)22-10-21-12-14(18)19-9-20-15(12)22/h9-11,13,29H,7-8H2,1-6H3,(H2,18,19,20)/t11-,13+,17+/m1/s1. The molecule has 3 atom stereocenters. The Kier molecular flexibility index (Phi) is 5.77. The molecule has 2 N–H and O–H groups in total. The van der Waals surface area contributed by atoms with Crippen LogP contribution in [0.15, 0.2) is 12.7 Å². The summed E-state index contributed by atoms with van der Waals surface area (Å²) in [5, 5.41) is 0. The molecule has 2 aromatic rings. The molecule has 1 saturated heterocycles. The number of hydrogen-bond donors (Lipinski definition) is 1. The van der Waals surface area contributed by atoms with Gasteiger partial charge in [0.25, 0.3) is 10.1 Å². The van der Waals surface area contributed by atoms with Gasteiger partial charge in [-0.1, -0.05) is 20.8 Å². The van der Waals surface area contributed by atoms with Crippen LogP contribution in [0, 0.1) is 11.3 Å². The average molecular weight is 444 g/mol. The third-order valence-electron chi connectivity index (χ3n) is 4.98. The largest absolute Gasteiger partial charge is 0.416 e. The van der Waals surface area contributed by atoms with Gasteiger partial charge in [-0.05, 0) is 18.5 Å². The molecule has 12 heteroatoms. The Bertz CT molecular complexity index is 990. The number of fused-ring (bicyclic) bond motifs is 1. The molecule has 10 nitrogen and oxygen atoms in total. The second-order valence-electron chi connectivity index (χ2n) is 8.75. The predicted molar refractivity (Wildman–Crippen MR) is 111 cm³/mol. The molecule has 3 rings (SSSR count). The number of hydrogen-bond acceptors (Lipinski definition) is 9. The molecule has 1 fully saturated rings. The van der Waals surface area contributed by atoms with Gasteiger partial charge >= 0.3 is 0 Å². The molecular formula is C17H29N5O5SSi. The SMILES string of the molecule is C[SiH](C)OC[C@]1(n2cnc3c(N)ncnc32)O[C@H](C(C)(C)C)[C@H]1COS(C)(=O)=O. The molecular weight excluding hydrogens is 414 g/mol. The van der Waals surface area contributed by atoms with Crippen molar-refractivity contribution in [3.05, 3.63) is 12.7 Å². The average Bonchev–Trinajstić information content (AvgIpc) is 2.97. The van der Waals surface area contributed by atoms with Gasteiger partial charge < -0.3 is 14.9 Å². The van der Waals surface area contributed by atoms with E-state index in [0.29, 0.717) is 11.2 Å². The van der Waals surface area contributed by atoms with Crippen LogP contribution in [0.1, 0.15) is 20.8 Å².